The van der Waals surface area contributed by atoms with Gasteiger partial charge < -0.3 is 18.1 Å². The summed E-state index contributed by atoms with van der Waals surface area (Å²) >= 11 is 0. The summed E-state index contributed by atoms with van der Waals surface area (Å²) in [6, 6.07) is 47.4. The van der Waals surface area contributed by atoms with E-state index >= 15 is 0 Å². The van der Waals surface area contributed by atoms with Gasteiger partial charge in [-0.05, 0) is 47.2 Å². The van der Waals surface area contributed by atoms with Crippen LogP contribution < -0.4 is 4.74 Å². The van der Waals surface area contributed by atoms with Gasteiger partial charge in [0.15, 0.2) is 0 Å². The Kier molecular flexibility index (Phi) is 6.02. The molecule has 0 saturated heterocycles. The summed E-state index contributed by atoms with van der Waals surface area (Å²) in [5, 5.41) is 8.65. The molecular weight excluding hydrogens is 786 g/mol. The first-order valence-electron chi connectivity index (χ1n) is 15.9. The van der Waals surface area contributed by atoms with Crippen LogP contribution in [0.5, 0.6) is 11.5 Å². The van der Waals surface area contributed by atoms with E-state index in [0.717, 1.165) is 65.8 Å². The Morgan fingerprint density at radius 2 is 1.00 bits per heavy atom. The molecule has 0 spiro atoms. The molecule has 0 bridgehead atoms. The summed E-state index contributed by atoms with van der Waals surface area (Å²) in [7, 11) is 0. The van der Waals surface area contributed by atoms with E-state index in [4.69, 9.17) is 9.72 Å². The molecule has 6 aromatic carbocycles. The number of imidazole rings is 2. The summed E-state index contributed by atoms with van der Waals surface area (Å²) in [4.78, 5) is 9.45. The smallest absolute Gasteiger partial charge is 0.497 e. The van der Waals surface area contributed by atoms with E-state index in [1.165, 1.54) is 16.3 Å². The number of hydrogen-bond acceptors (Lipinski definition) is 3. The zero-order valence-electron chi connectivity index (χ0n) is 25.7. The quantitative estimate of drug-likeness (QED) is 0.132. The molecule has 6 nitrogen and oxygen atoms in total. The van der Waals surface area contributed by atoms with Gasteiger partial charge in [-0.1, -0.05) is 100 Å². The Balaban J connectivity index is 0.00000306. The van der Waals surface area contributed by atoms with Gasteiger partial charge in [0.2, 0.25) is 0 Å². The first-order valence-corrected chi connectivity index (χ1v) is 15.9. The van der Waals surface area contributed by atoms with Gasteiger partial charge in [0.05, 0.1) is 22.3 Å². The minimum Gasteiger partial charge on any atom is -0.497 e. The van der Waals surface area contributed by atoms with Gasteiger partial charge in [-0.25, -0.2) is 0 Å². The van der Waals surface area contributed by atoms with Crippen molar-refractivity contribution >= 4 is 76.5 Å². The van der Waals surface area contributed by atoms with Crippen molar-refractivity contribution in [1.29, 1.82) is 0 Å². The van der Waals surface area contributed by atoms with Crippen LogP contribution in [0.4, 0.5) is 0 Å². The Morgan fingerprint density at radius 3 is 1.69 bits per heavy atom. The van der Waals surface area contributed by atoms with Crippen LogP contribution in [0.15, 0.2) is 140 Å². The topological polar surface area (TPSA) is 48.8 Å². The van der Waals surface area contributed by atoms with Crippen molar-refractivity contribution in [2.24, 2.45) is 0 Å². The average Bonchev–Trinajstić information content (AvgIpc) is 3.90. The summed E-state index contributed by atoms with van der Waals surface area (Å²) in [6.45, 7) is 0. The maximum Gasteiger partial charge on any atom is 2.00 e. The monoisotopic (exact) mass is 808 g/mol. The maximum atomic E-state index is 6.47. The first kappa shape index (κ1) is 28.1. The molecule has 0 saturated carbocycles. The normalized spacial score (nSPS) is 11.9. The van der Waals surface area contributed by atoms with Gasteiger partial charge in [-0.15, -0.1) is 12.1 Å². The molecule has 49 heavy (non-hydrogen) atoms. The van der Waals surface area contributed by atoms with Crippen LogP contribution in [0.25, 0.3) is 82.1 Å². The van der Waals surface area contributed by atoms with E-state index in [2.05, 4.69) is 134 Å². The van der Waals surface area contributed by atoms with Crippen LogP contribution in [0.3, 0.4) is 0 Å². The molecule has 0 aliphatic carbocycles. The van der Waals surface area contributed by atoms with Crippen molar-refractivity contribution < 1.29 is 25.8 Å². The second-order valence-corrected chi connectivity index (χ2v) is 12.2. The van der Waals surface area contributed by atoms with Crippen LogP contribution in [-0.2, 0) is 21.1 Å². The van der Waals surface area contributed by atoms with Crippen molar-refractivity contribution in [2.45, 2.75) is 0 Å². The fraction of sp³-hybridized carbons (Fsp3) is 0. The summed E-state index contributed by atoms with van der Waals surface area (Å²) < 4.78 is 13.1. The number of fused-ring (bicyclic) bond motifs is 15. The molecule has 0 amide bonds. The predicted octanol–water partition coefficient (Wildman–Crippen LogP) is 10.1. The van der Waals surface area contributed by atoms with Gasteiger partial charge >= 0.3 is 21.1 Å². The summed E-state index contributed by atoms with van der Waals surface area (Å²) in [6.07, 6.45) is 7.69. The van der Waals surface area contributed by atoms with Crippen LogP contribution in [0, 0.1) is 12.1 Å². The van der Waals surface area contributed by atoms with Gasteiger partial charge in [0.25, 0.3) is 0 Å². The van der Waals surface area contributed by atoms with Gasteiger partial charge in [0, 0.05) is 63.8 Å². The van der Waals surface area contributed by atoms with E-state index in [1.807, 2.05) is 36.9 Å². The maximum absolute atomic E-state index is 6.47. The molecule has 0 aliphatic heterocycles. The van der Waals surface area contributed by atoms with Crippen molar-refractivity contribution in [1.82, 2.24) is 23.3 Å². The van der Waals surface area contributed by atoms with E-state index in [9.17, 15) is 0 Å². The molecule has 11 rings (SSSR count). The molecule has 0 radical (unpaired) electrons. The number of hydrogen-bond donors (Lipinski definition) is 0. The number of aromatic nitrogens is 5. The summed E-state index contributed by atoms with van der Waals surface area (Å²) in [5.41, 5.74) is 7.35. The van der Waals surface area contributed by atoms with Crippen LogP contribution in [-0.4, -0.2) is 23.3 Å². The van der Waals surface area contributed by atoms with Crippen molar-refractivity contribution in [3.8, 4) is 17.2 Å². The first-order chi connectivity index (χ1) is 23.8. The standard InChI is InChI=1S/C42H23N5O.Pt/c1-2-8-26(9-3-1)47-38-13-7-5-11-32(38)34-24-39-33(25-40(34)47)30-17-15-28(23-36(30)42-44-19-21-46(39)42)48-27-14-16-29-31-10-4-6-12-37(31)45-20-18-43-41(45)35(29)22-27;/h1-21,24-25H;/q-2;+2. The average molecular weight is 809 g/mol. The minimum atomic E-state index is 0. The number of benzene rings is 6. The van der Waals surface area contributed by atoms with Crippen LogP contribution >= 0.6 is 0 Å². The third-order valence-electron chi connectivity index (χ3n) is 9.59. The molecule has 7 heteroatoms. The molecule has 232 valence electrons. The van der Waals surface area contributed by atoms with Gasteiger partial charge in [-0.3, -0.25) is 9.97 Å². The van der Waals surface area contributed by atoms with E-state index in [-0.39, 0.29) is 21.1 Å². The third-order valence-corrected chi connectivity index (χ3v) is 9.59. The van der Waals surface area contributed by atoms with Crippen molar-refractivity contribution in [3.63, 3.8) is 0 Å². The Labute approximate surface area is 293 Å². The zero-order valence-corrected chi connectivity index (χ0v) is 28.0. The van der Waals surface area contributed by atoms with E-state index < -0.39 is 0 Å². The van der Waals surface area contributed by atoms with Crippen molar-refractivity contribution in [3.05, 3.63) is 152 Å². The predicted molar refractivity (Wildman–Crippen MR) is 192 cm³/mol. The summed E-state index contributed by atoms with van der Waals surface area (Å²) in [5.74, 6) is 1.20. The minimum absolute atomic E-state index is 0. The van der Waals surface area contributed by atoms with Crippen LogP contribution in [0.1, 0.15) is 0 Å². The molecule has 5 aromatic heterocycles. The second-order valence-electron chi connectivity index (χ2n) is 12.2. The number of para-hydroxylation sites is 3. The molecular formula is C42H23N5OPt. The number of ether oxygens (including phenoxy) is 1. The van der Waals surface area contributed by atoms with E-state index in [0.29, 0.717) is 11.5 Å². The Hall–Kier alpha value is -5.97. The van der Waals surface area contributed by atoms with E-state index in [1.54, 1.807) is 0 Å². The Bertz CT molecular complexity index is 3100. The van der Waals surface area contributed by atoms with Gasteiger partial charge in [0.1, 0.15) is 0 Å². The fourth-order valence-corrected chi connectivity index (χ4v) is 7.54. The number of pyridine rings is 2. The SMILES string of the molecule is [Pt+2].[c-]1c(Oc2[c-]c3c(cc2)c2cc4c(cc2n2ccnc32)c2ccccc2n4-c2ccccc2)ccc2c1c1nccn1c1ccccc21. The second kappa shape index (κ2) is 10.5. The molecule has 0 atom stereocenters. The molecule has 0 aliphatic rings. The molecule has 0 unspecified atom stereocenters. The van der Waals surface area contributed by atoms with Crippen LogP contribution in [0.2, 0.25) is 0 Å². The van der Waals surface area contributed by atoms with Gasteiger partial charge in [-0.2, -0.15) is 0 Å². The number of rotatable bonds is 3. The molecule has 0 N–H and O–H groups in total. The molecule has 11 aromatic rings. The largest absolute Gasteiger partial charge is 2.00 e. The van der Waals surface area contributed by atoms with Crippen molar-refractivity contribution in [2.75, 3.05) is 0 Å². The fourth-order valence-electron chi connectivity index (χ4n) is 7.54. The molecule has 0 fully saturated rings. The molecule has 5 heterocycles. The third kappa shape index (κ3) is 3.98. The Morgan fingerprint density at radius 1 is 0.469 bits per heavy atom. The zero-order chi connectivity index (χ0) is 31.3. The number of nitrogens with zero attached hydrogens (tertiary/aromatic N) is 5.